The third-order valence-electron chi connectivity index (χ3n) is 7.63. The summed E-state index contributed by atoms with van der Waals surface area (Å²) in [6.45, 7) is 8.40. The Morgan fingerprint density at radius 2 is 2.00 bits per heavy atom. The van der Waals surface area contributed by atoms with E-state index in [1.807, 2.05) is 4.90 Å². The number of amides is 2. The molecule has 2 aliphatic heterocycles. The van der Waals surface area contributed by atoms with Crippen molar-refractivity contribution < 1.29 is 28.5 Å². The van der Waals surface area contributed by atoms with Gasteiger partial charge in [-0.2, -0.15) is 5.10 Å². The number of nitrogens with one attached hydrogen (secondary N) is 2. The van der Waals surface area contributed by atoms with Gasteiger partial charge in [0.1, 0.15) is 6.10 Å². The maximum Gasteiger partial charge on any atom is 0.406 e. The summed E-state index contributed by atoms with van der Waals surface area (Å²) in [5, 5.41) is 11.2. The number of carbonyl (C=O) groups is 2. The number of aromatic nitrogens is 2. The highest BCUT2D eigenvalue weighted by molar-refractivity contribution is 5.82. The maximum atomic E-state index is 13.7. The molecule has 2 N–H and O–H groups in total. The molecule has 3 heterocycles. The van der Waals surface area contributed by atoms with Crippen LogP contribution in [0, 0.1) is 6.92 Å². The molecule has 1 aromatic rings. The second-order valence-electron chi connectivity index (χ2n) is 10.3. The van der Waals surface area contributed by atoms with E-state index in [2.05, 4.69) is 33.9 Å². The second kappa shape index (κ2) is 13.0. The molecule has 2 saturated heterocycles. The number of aryl methyl sites for hydroxylation is 1. The second-order valence-corrected chi connectivity index (χ2v) is 10.3. The Labute approximate surface area is 219 Å². The van der Waals surface area contributed by atoms with E-state index < -0.39 is 12.2 Å². The summed E-state index contributed by atoms with van der Waals surface area (Å²) in [5.41, 5.74) is 3.33. The standard InChI is InChI=1S/C26H43N5O6/c1-17-23(18(2)31(21-6-7-21)25(32)22-14-28-20(15-34-3)16-37-22)29-30(11-5-10-27-26(33)35-4)24(17)19-8-12-36-13-9-19/h18-22,28H,5-16H2,1-4H3,(H,27,33)/t18-,20-,22+/m0/s1. The fourth-order valence-corrected chi connectivity index (χ4v) is 5.56. The first-order chi connectivity index (χ1) is 17.9. The molecule has 3 fully saturated rings. The van der Waals surface area contributed by atoms with Crippen LogP contribution in [0.2, 0.25) is 0 Å². The van der Waals surface area contributed by atoms with Gasteiger partial charge in [-0.3, -0.25) is 9.48 Å². The highest BCUT2D eigenvalue weighted by Gasteiger charge is 2.42. The van der Waals surface area contributed by atoms with Crippen molar-refractivity contribution >= 4 is 12.0 Å². The average Bonchev–Trinajstić information content (AvgIpc) is 3.69. The number of hydrogen-bond donors (Lipinski definition) is 2. The van der Waals surface area contributed by atoms with Crippen LogP contribution in [-0.4, -0.2) is 98.6 Å². The molecule has 11 nitrogen and oxygen atoms in total. The zero-order chi connectivity index (χ0) is 26.4. The molecule has 2 amide bonds. The monoisotopic (exact) mass is 521 g/mol. The lowest BCUT2D eigenvalue weighted by molar-refractivity contribution is -0.150. The molecule has 4 rings (SSSR count). The van der Waals surface area contributed by atoms with Gasteiger partial charge in [0.05, 0.1) is 38.1 Å². The van der Waals surface area contributed by atoms with Crippen LogP contribution in [-0.2, 0) is 30.3 Å². The molecule has 0 aromatic carbocycles. The predicted octanol–water partition coefficient (Wildman–Crippen LogP) is 1.89. The van der Waals surface area contributed by atoms with Crippen molar-refractivity contribution in [1.82, 2.24) is 25.3 Å². The number of alkyl carbamates (subject to hydrolysis) is 1. The third-order valence-corrected chi connectivity index (χ3v) is 7.63. The first kappa shape index (κ1) is 27.8. The first-order valence-electron chi connectivity index (χ1n) is 13.6. The van der Waals surface area contributed by atoms with Crippen LogP contribution in [0.3, 0.4) is 0 Å². The minimum atomic E-state index is -0.502. The Bertz CT molecular complexity index is 906. The van der Waals surface area contributed by atoms with Crippen LogP contribution < -0.4 is 10.6 Å². The topological polar surface area (TPSA) is 116 Å². The maximum absolute atomic E-state index is 13.7. The van der Waals surface area contributed by atoms with Gasteiger partial charge in [0.15, 0.2) is 0 Å². The van der Waals surface area contributed by atoms with Crippen LogP contribution in [0.5, 0.6) is 0 Å². The van der Waals surface area contributed by atoms with Gasteiger partial charge in [0.2, 0.25) is 0 Å². The number of hydrogen-bond acceptors (Lipinski definition) is 8. The summed E-state index contributed by atoms with van der Waals surface area (Å²) in [6.07, 6.45) is 3.73. The predicted molar refractivity (Wildman–Crippen MR) is 136 cm³/mol. The number of rotatable bonds is 11. The molecule has 0 unspecified atom stereocenters. The fourth-order valence-electron chi connectivity index (χ4n) is 5.56. The molecule has 3 atom stereocenters. The van der Waals surface area contributed by atoms with Crippen molar-refractivity contribution in [2.45, 2.75) is 82.6 Å². The Balaban J connectivity index is 1.52. The molecule has 1 saturated carbocycles. The summed E-state index contributed by atoms with van der Waals surface area (Å²) in [5.74, 6) is 0.395. The lowest BCUT2D eigenvalue weighted by Crippen LogP contribution is -2.55. The number of nitrogens with zero attached hydrogens (tertiary/aromatic N) is 3. The van der Waals surface area contributed by atoms with E-state index in [0.29, 0.717) is 38.8 Å². The fraction of sp³-hybridized carbons (Fsp3) is 0.808. The summed E-state index contributed by atoms with van der Waals surface area (Å²) in [6, 6.07) is 0.172. The van der Waals surface area contributed by atoms with E-state index in [1.54, 1.807) is 7.11 Å². The van der Waals surface area contributed by atoms with Crippen molar-refractivity contribution in [3.63, 3.8) is 0 Å². The quantitative estimate of drug-likeness (QED) is 0.424. The van der Waals surface area contributed by atoms with E-state index in [-0.39, 0.29) is 24.0 Å². The molecular weight excluding hydrogens is 478 g/mol. The van der Waals surface area contributed by atoms with Crippen LogP contribution >= 0.6 is 0 Å². The number of carbonyl (C=O) groups excluding carboxylic acids is 2. The SMILES string of the molecule is COC[C@H]1CO[C@@H](C(=O)N(C2CC2)[C@@H](C)c2nn(CCCNC(=O)OC)c(C3CCOCC3)c2C)CN1. The van der Waals surface area contributed by atoms with Crippen LogP contribution in [0.1, 0.15) is 67.9 Å². The highest BCUT2D eigenvalue weighted by atomic mass is 16.5. The zero-order valence-electron chi connectivity index (χ0n) is 22.7. The largest absolute Gasteiger partial charge is 0.453 e. The van der Waals surface area contributed by atoms with Crippen molar-refractivity contribution in [3.05, 3.63) is 17.0 Å². The van der Waals surface area contributed by atoms with Crippen molar-refractivity contribution in [2.24, 2.45) is 0 Å². The summed E-state index contributed by atoms with van der Waals surface area (Å²) in [7, 11) is 3.03. The molecule has 0 spiro atoms. The van der Waals surface area contributed by atoms with Gasteiger partial charge in [-0.25, -0.2) is 4.79 Å². The Morgan fingerprint density at radius 1 is 1.24 bits per heavy atom. The summed E-state index contributed by atoms with van der Waals surface area (Å²) in [4.78, 5) is 27.1. The molecule has 11 heteroatoms. The Kier molecular flexibility index (Phi) is 9.80. The average molecular weight is 522 g/mol. The molecule has 3 aliphatic rings. The van der Waals surface area contributed by atoms with Gasteiger partial charge in [0.25, 0.3) is 5.91 Å². The van der Waals surface area contributed by atoms with E-state index in [1.165, 1.54) is 12.8 Å². The van der Waals surface area contributed by atoms with E-state index >= 15 is 0 Å². The number of methoxy groups -OCH3 is 2. The molecule has 0 bridgehead atoms. The van der Waals surface area contributed by atoms with Gasteiger partial charge in [-0.1, -0.05) is 0 Å². The number of ether oxygens (including phenoxy) is 4. The van der Waals surface area contributed by atoms with E-state index in [4.69, 9.17) is 19.3 Å². The van der Waals surface area contributed by atoms with Crippen LogP contribution in [0.15, 0.2) is 0 Å². The minimum Gasteiger partial charge on any atom is -0.453 e. The molecule has 1 aromatic heterocycles. The van der Waals surface area contributed by atoms with Gasteiger partial charge in [-0.05, 0) is 51.5 Å². The lowest BCUT2D eigenvalue weighted by Gasteiger charge is -2.35. The lowest BCUT2D eigenvalue weighted by atomic mass is 9.92. The molecule has 208 valence electrons. The smallest absolute Gasteiger partial charge is 0.406 e. The van der Waals surface area contributed by atoms with Gasteiger partial charge in [-0.15, -0.1) is 0 Å². The normalized spacial score (nSPS) is 23.5. The van der Waals surface area contributed by atoms with Gasteiger partial charge < -0.3 is 34.5 Å². The Morgan fingerprint density at radius 3 is 2.62 bits per heavy atom. The van der Waals surface area contributed by atoms with Crippen LogP contribution in [0.25, 0.3) is 0 Å². The van der Waals surface area contributed by atoms with Crippen molar-refractivity contribution in [3.8, 4) is 0 Å². The van der Waals surface area contributed by atoms with Gasteiger partial charge >= 0.3 is 6.09 Å². The van der Waals surface area contributed by atoms with Gasteiger partial charge in [0, 0.05) is 57.6 Å². The highest BCUT2D eigenvalue weighted by Crippen LogP contribution is 2.39. The van der Waals surface area contributed by atoms with E-state index in [9.17, 15) is 9.59 Å². The first-order valence-corrected chi connectivity index (χ1v) is 13.6. The van der Waals surface area contributed by atoms with Crippen molar-refractivity contribution in [1.29, 1.82) is 0 Å². The van der Waals surface area contributed by atoms with Crippen LogP contribution in [0.4, 0.5) is 4.79 Å². The van der Waals surface area contributed by atoms with E-state index in [0.717, 1.165) is 56.6 Å². The summed E-state index contributed by atoms with van der Waals surface area (Å²) >= 11 is 0. The molecular formula is C26H43N5O6. The summed E-state index contributed by atoms with van der Waals surface area (Å²) < 4.78 is 23.6. The molecule has 0 radical (unpaired) electrons. The minimum absolute atomic E-state index is 0.0298. The zero-order valence-corrected chi connectivity index (χ0v) is 22.7. The Hall–Kier alpha value is -2.21. The number of morpholine rings is 1. The molecule has 1 aliphatic carbocycles. The third kappa shape index (κ3) is 6.81. The van der Waals surface area contributed by atoms with Crippen molar-refractivity contribution in [2.75, 3.05) is 53.7 Å². The molecule has 37 heavy (non-hydrogen) atoms.